The second-order valence-electron chi connectivity index (χ2n) is 9.43. The predicted molar refractivity (Wildman–Crippen MR) is 149 cm³/mol. The lowest BCUT2D eigenvalue weighted by Crippen LogP contribution is -2.32. The zero-order valence-electron chi connectivity index (χ0n) is 23.7. The van der Waals surface area contributed by atoms with E-state index in [9.17, 15) is 24.8 Å². The standard InChI is InChI=1S/C29H35N3O9/c1-17(33)15-30-10-11-40-24-9-7-6-8-20(24)16-41-23-13-21(12-22(14-23)32(36)37)27-25(28(34)38-4)18(2)31-19(3)26(27)29(35)39-5/h6-9,12-14,17,27,30-31,33H,10-11,15-16H2,1-5H3. The van der Waals surface area contributed by atoms with E-state index in [1.165, 1.54) is 26.4 Å². The Labute approximate surface area is 238 Å². The average molecular weight is 570 g/mol. The number of rotatable bonds is 13. The normalized spacial score (nSPS) is 14.3. The van der Waals surface area contributed by atoms with Gasteiger partial charge in [-0.2, -0.15) is 0 Å². The molecule has 2 aromatic carbocycles. The number of ether oxygens (including phenoxy) is 4. The van der Waals surface area contributed by atoms with Crippen LogP contribution >= 0.6 is 0 Å². The van der Waals surface area contributed by atoms with Crippen molar-refractivity contribution in [2.45, 2.75) is 39.4 Å². The summed E-state index contributed by atoms with van der Waals surface area (Å²) >= 11 is 0. The fraction of sp³-hybridized carbons (Fsp3) is 0.379. The molecule has 1 atom stereocenters. The molecule has 2 aromatic rings. The van der Waals surface area contributed by atoms with Gasteiger partial charge < -0.3 is 34.7 Å². The minimum Gasteiger partial charge on any atom is -0.492 e. The van der Waals surface area contributed by atoms with Gasteiger partial charge in [-0.05, 0) is 38.5 Å². The lowest BCUT2D eigenvalue weighted by Gasteiger charge is -2.30. The molecule has 3 N–H and O–H groups in total. The van der Waals surface area contributed by atoms with Crippen molar-refractivity contribution in [2.24, 2.45) is 0 Å². The third-order valence-electron chi connectivity index (χ3n) is 6.37. The third-order valence-corrected chi connectivity index (χ3v) is 6.37. The van der Waals surface area contributed by atoms with Crippen LogP contribution in [0.5, 0.6) is 11.5 Å². The fourth-order valence-electron chi connectivity index (χ4n) is 4.52. The monoisotopic (exact) mass is 569 g/mol. The molecule has 0 spiro atoms. The lowest BCUT2D eigenvalue weighted by atomic mass is 9.80. The van der Waals surface area contributed by atoms with Gasteiger partial charge in [-0.15, -0.1) is 0 Å². The van der Waals surface area contributed by atoms with E-state index in [2.05, 4.69) is 10.6 Å². The van der Waals surface area contributed by atoms with Crippen LogP contribution in [-0.4, -0.2) is 62.0 Å². The van der Waals surface area contributed by atoms with E-state index in [0.717, 1.165) is 0 Å². The summed E-state index contributed by atoms with van der Waals surface area (Å²) in [6.45, 7) is 6.35. The highest BCUT2D eigenvalue weighted by Gasteiger charge is 2.38. The number of benzene rings is 2. The number of non-ortho nitro benzene ring substituents is 1. The number of aliphatic hydroxyl groups is 1. The Morgan fingerprint density at radius 3 is 2.27 bits per heavy atom. The molecule has 3 rings (SSSR count). The molecule has 0 aliphatic carbocycles. The van der Waals surface area contributed by atoms with Crippen molar-refractivity contribution in [1.82, 2.24) is 10.6 Å². The van der Waals surface area contributed by atoms with Crippen molar-refractivity contribution >= 4 is 17.6 Å². The molecule has 0 saturated carbocycles. The maximum absolute atomic E-state index is 12.8. The van der Waals surface area contributed by atoms with E-state index in [-0.39, 0.29) is 34.8 Å². The fourth-order valence-corrected chi connectivity index (χ4v) is 4.52. The highest BCUT2D eigenvalue weighted by atomic mass is 16.6. The minimum absolute atomic E-state index is 0.0293. The molecular formula is C29H35N3O9. The SMILES string of the molecule is COC(=O)C1=C(C)NC(C)=C(C(=O)OC)C1c1cc(OCc2ccccc2OCCNCC(C)O)cc([N+](=O)[O-])c1. The molecule has 12 nitrogen and oxygen atoms in total. The number of esters is 2. The number of carbonyl (C=O) groups is 2. The molecule has 41 heavy (non-hydrogen) atoms. The maximum atomic E-state index is 12.8. The number of nitrogens with one attached hydrogen (secondary N) is 2. The van der Waals surface area contributed by atoms with Crippen LogP contribution < -0.4 is 20.1 Å². The van der Waals surface area contributed by atoms with Crippen LogP contribution in [0, 0.1) is 10.1 Å². The highest BCUT2D eigenvalue weighted by molar-refractivity contribution is 5.99. The van der Waals surface area contributed by atoms with Gasteiger partial charge in [-0.1, -0.05) is 18.2 Å². The van der Waals surface area contributed by atoms with Gasteiger partial charge in [0, 0.05) is 36.1 Å². The molecule has 0 saturated heterocycles. The number of carbonyl (C=O) groups excluding carboxylic acids is 2. The number of dihydropyridines is 1. The Bertz CT molecular complexity index is 1310. The van der Waals surface area contributed by atoms with Crippen molar-refractivity contribution in [3.8, 4) is 11.5 Å². The van der Waals surface area contributed by atoms with Gasteiger partial charge in [0.15, 0.2) is 0 Å². The molecule has 1 unspecified atom stereocenters. The zero-order valence-corrected chi connectivity index (χ0v) is 23.7. The third kappa shape index (κ3) is 7.83. The number of aliphatic hydroxyl groups excluding tert-OH is 1. The lowest BCUT2D eigenvalue weighted by molar-refractivity contribution is -0.385. The first-order valence-corrected chi connectivity index (χ1v) is 12.9. The number of methoxy groups -OCH3 is 2. The van der Waals surface area contributed by atoms with Crippen LogP contribution in [-0.2, 0) is 25.7 Å². The summed E-state index contributed by atoms with van der Waals surface area (Å²) in [4.78, 5) is 37.0. The molecule has 0 fully saturated rings. The Morgan fingerprint density at radius 1 is 1.05 bits per heavy atom. The number of hydrogen-bond acceptors (Lipinski definition) is 11. The molecule has 220 valence electrons. The van der Waals surface area contributed by atoms with Crippen LogP contribution in [0.25, 0.3) is 0 Å². The van der Waals surface area contributed by atoms with Crippen LogP contribution in [0.1, 0.15) is 37.8 Å². The van der Waals surface area contributed by atoms with Gasteiger partial charge in [-0.25, -0.2) is 9.59 Å². The first-order chi connectivity index (χ1) is 19.6. The Hall–Kier alpha value is -4.42. The molecule has 0 aromatic heterocycles. The number of para-hydroxylation sites is 1. The quantitative estimate of drug-likeness (QED) is 0.141. The molecule has 1 heterocycles. The molecular weight excluding hydrogens is 534 g/mol. The first kappa shape index (κ1) is 31.1. The van der Waals surface area contributed by atoms with Gasteiger partial charge in [0.25, 0.3) is 5.69 Å². The van der Waals surface area contributed by atoms with Crippen LogP contribution in [0.3, 0.4) is 0 Å². The van der Waals surface area contributed by atoms with Crippen molar-refractivity contribution < 1.29 is 38.6 Å². The van der Waals surface area contributed by atoms with E-state index >= 15 is 0 Å². The summed E-state index contributed by atoms with van der Waals surface area (Å²) in [5.74, 6) is -1.67. The van der Waals surface area contributed by atoms with Crippen LogP contribution in [0.15, 0.2) is 65.0 Å². The highest BCUT2D eigenvalue weighted by Crippen LogP contribution is 2.41. The maximum Gasteiger partial charge on any atom is 0.336 e. The Morgan fingerprint density at radius 2 is 1.68 bits per heavy atom. The number of nitro benzene ring substituents is 1. The smallest absolute Gasteiger partial charge is 0.336 e. The molecule has 1 aliphatic heterocycles. The summed E-state index contributed by atoms with van der Waals surface area (Å²) in [6.07, 6.45) is -0.466. The second kappa shape index (κ2) is 14.3. The molecule has 1 aliphatic rings. The number of nitrogens with zero attached hydrogens (tertiary/aromatic N) is 1. The number of hydrogen-bond donors (Lipinski definition) is 3. The summed E-state index contributed by atoms with van der Waals surface area (Å²) in [6, 6.07) is 11.4. The first-order valence-electron chi connectivity index (χ1n) is 12.9. The zero-order chi connectivity index (χ0) is 30.1. The van der Waals surface area contributed by atoms with Gasteiger partial charge in [0.1, 0.15) is 24.7 Å². The molecule has 0 bridgehead atoms. The minimum atomic E-state index is -1.01. The van der Waals surface area contributed by atoms with Crippen molar-refractivity contribution in [3.05, 3.63) is 86.2 Å². The Kier molecular flexibility index (Phi) is 10.8. The summed E-state index contributed by atoms with van der Waals surface area (Å²) in [7, 11) is 2.43. The van der Waals surface area contributed by atoms with E-state index < -0.39 is 28.9 Å². The van der Waals surface area contributed by atoms with Gasteiger partial charge in [-0.3, -0.25) is 10.1 Å². The number of allylic oxidation sites excluding steroid dienone is 2. The molecule has 12 heteroatoms. The van der Waals surface area contributed by atoms with Gasteiger partial charge in [0.05, 0.1) is 48.4 Å². The van der Waals surface area contributed by atoms with Crippen molar-refractivity contribution in [1.29, 1.82) is 0 Å². The average Bonchev–Trinajstić information content (AvgIpc) is 2.94. The van der Waals surface area contributed by atoms with Gasteiger partial charge >= 0.3 is 11.9 Å². The summed E-state index contributed by atoms with van der Waals surface area (Å²) in [5, 5.41) is 27.3. The predicted octanol–water partition coefficient (Wildman–Crippen LogP) is 3.10. The van der Waals surface area contributed by atoms with E-state index in [1.807, 2.05) is 18.2 Å². The van der Waals surface area contributed by atoms with Gasteiger partial charge in [0.2, 0.25) is 0 Å². The van der Waals surface area contributed by atoms with E-state index in [0.29, 0.717) is 42.4 Å². The van der Waals surface area contributed by atoms with Crippen LogP contribution in [0.2, 0.25) is 0 Å². The second-order valence-corrected chi connectivity index (χ2v) is 9.43. The summed E-state index contributed by atoms with van der Waals surface area (Å²) < 4.78 is 21.8. The topological polar surface area (TPSA) is 158 Å². The number of nitro groups is 1. The Balaban J connectivity index is 1.95. The molecule has 0 radical (unpaired) electrons. The van der Waals surface area contributed by atoms with Crippen molar-refractivity contribution in [3.63, 3.8) is 0 Å². The largest absolute Gasteiger partial charge is 0.492 e. The van der Waals surface area contributed by atoms with E-state index in [1.54, 1.807) is 32.9 Å². The summed E-state index contributed by atoms with van der Waals surface area (Å²) in [5.41, 5.74) is 1.82. The molecule has 0 amide bonds. The van der Waals surface area contributed by atoms with E-state index in [4.69, 9.17) is 18.9 Å². The van der Waals surface area contributed by atoms with Crippen LogP contribution in [0.4, 0.5) is 5.69 Å². The van der Waals surface area contributed by atoms with Crippen molar-refractivity contribution in [2.75, 3.05) is 33.9 Å².